The maximum absolute atomic E-state index is 11.8. The highest BCUT2D eigenvalue weighted by molar-refractivity contribution is 7.08. The third-order valence-corrected chi connectivity index (χ3v) is 3.95. The zero-order chi connectivity index (χ0) is 12.4. The fourth-order valence-electron chi connectivity index (χ4n) is 2.44. The molecule has 2 unspecified atom stereocenters. The second-order valence-electron chi connectivity index (χ2n) is 4.16. The van der Waals surface area contributed by atoms with Crippen molar-refractivity contribution in [3.8, 4) is 0 Å². The van der Waals surface area contributed by atoms with Gasteiger partial charge >= 0.3 is 5.97 Å². The Labute approximate surface area is 104 Å². The molecule has 17 heavy (non-hydrogen) atoms. The third-order valence-electron chi connectivity index (χ3n) is 3.25. The van der Waals surface area contributed by atoms with Crippen LogP contribution in [0.5, 0.6) is 0 Å². The quantitative estimate of drug-likeness (QED) is 0.897. The van der Waals surface area contributed by atoms with E-state index in [1.807, 2.05) is 23.8 Å². The first-order chi connectivity index (χ1) is 8.15. The fourth-order valence-corrected chi connectivity index (χ4v) is 3.13. The summed E-state index contributed by atoms with van der Waals surface area (Å²) in [5.41, 5.74) is 0.942. The molecular weight excluding hydrogens is 238 g/mol. The molecule has 5 heteroatoms. The molecule has 1 aliphatic rings. The predicted octanol–water partition coefficient (Wildman–Crippen LogP) is 2.13. The molecule has 2 atom stereocenters. The Kier molecular flexibility index (Phi) is 3.47. The fraction of sp³-hybridized carbons (Fsp3) is 0.500. The number of aliphatic carboxylic acids is 1. The maximum atomic E-state index is 11.8. The Morgan fingerprint density at radius 3 is 2.94 bits per heavy atom. The van der Waals surface area contributed by atoms with Crippen LogP contribution in [0.2, 0.25) is 0 Å². The summed E-state index contributed by atoms with van der Waals surface area (Å²) in [7, 11) is 0. The molecular formula is C12H15NO3S. The van der Waals surface area contributed by atoms with E-state index in [1.165, 1.54) is 11.3 Å². The SMILES string of the molecule is CCN1C(=O)CCC(C(=O)O)C1c1ccsc1. The standard InChI is InChI=1S/C12H15NO3S/c1-2-13-10(14)4-3-9(12(15)16)11(13)8-5-6-17-7-8/h5-7,9,11H,2-4H2,1H3,(H,15,16). The van der Waals surface area contributed by atoms with Gasteiger partial charge in [0.2, 0.25) is 5.91 Å². The summed E-state index contributed by atoms with van der Waals surface area (Å²) in [6.45, 7) is 2.45. The molecule has 2 heterocycles. The Bertz CT molecular complexity index is 413. The zero-order valence-corrected chi connectivity index (χ0v) is 10.4. The summed E-state index contributed by atoms with van der Waals surface area (Å²) in [5.74, 6) is -1.24. The highest BCUT2D eigenvalue weighted by Gasteiger charge is 2.39. The number of rotatable bonds is 3. The van der Waals surface area contributed by atoms with E-state index in [0.717, 1.165) is 5.56 Å². The molecule has 92 valence electrons. The molecule has 0 radical (unpaired) electrons. The molecule has 1 N–H and O–H groups in total. The number of hydrogen-bond acceptors (Lipinski definition) is 3. The lowest BCUT2D eigenvalue weighted by molar-refractivity contribution is -0.151. The molecule has 1 aromatic heterocycles. The molecule has 0 bridgehead atoms. The minimum atomic E-state index is -0.813. The number of carboxylic acid groups (broad SMARTS) is 1. The van der Waals surface area contributed by atoms with Crippen LogP contribution < -0.4 is 0 Å². The molecule has 0 aliphatic carbocycles. The van der Waals surface area contributed by atoms with E-state index in [0.29, 0.717) is 19.4 Å². The summed E-state index contributed by atoms with van der Waals surface area (Å²) >= 11 is 1.53. The van der Waals surface area contributed by atoms with Gasteiger partial charge in [0.05, 0.1) is 12.0 Å². The van der Waals surface area contributed by atoms with E-state index in [-0.39, 0.29) is 11.9 Å². The summed E-state index contributed by atoms with van der Waals surface area (Å²) in [6, 6.07) is 1.61. The largest absolute Gasteiger partial charge is 0.481 e. The molecule has 4 nitrogen and oxygen atoms in total. The number of hydrogen-bond donors (Lipinski definition) is 1. The normalized spacial score (nSPS) is 25.0. The summed E-state index contributed by atoms with van der Waals surface area (Å²) in [5, 5.41) is 13.1. The number of carbonyl (C=O) groups excluding carboxylic acids is 1. The molecule has 1 aromatic rings. The second kappa shape index (κ2) is 4.87. The Morgan fingerprint density at radius 2 is 2.41 bits per heavy atom. The van der Waals surface area contributed by atoms with Crippen LogP contribution in [0.25, 0.3) is 0 Å². The molecule has 0 aromatic carbocycles. The monoisotopic (exact) mass is 253 g/mol. The van der Waals surface area contributed by atoms with Gasteiger partial charge in [-0.1, -0.05) is 0 Å². The van der Waals surface area contributed by atoms with Crippen LogP contribution in [-0.4, -0.2) is 28.4 Å². The van der Waals surface area contributed by atoms with Crippen LogP contribution in [0.1, 0.15) is 31.4 Å². The average Bonchev–Trinajstić information content (AvgIpc) is 2.81. The van der Waals surface area contributed by atoms with Crippen molar-refractivity contribution in [2.45, 2.75) is 25.8 Å². The molecule has 0 saturated carbocycles. The Balaban J connectivity index is 2.36. The molecule has 1 fully saturated rings. The van der Waals surface area contributed by atoms with Gasteiger partial charge in [0.1, 0.15) is 0 Å². The van der Waals surface area contributed by atoms with E-state index in [9.17, 15) is 14.7 Å². The number of carboxylic acids is 1. The maximum Gasteiger partial charge on any atom is 0.308 e. The Morgan fingerprint density at radius 1 is 1.65 bits per heavy atom. The summed E-state index contributed by atoms with van der Waals surface area (Å²) < 4.78 is 0. The van der Waals surface area contributed by atoms with Crippen molar-refractivity contribution in [2.75, 3.05) is 6.54 Å². The lowest BCUT2D eigenvalue weighted by Gasteiger charge is -2.38. The van der Waals surface area contributed by atoms with E-state index in [4.69, 9.17) is 0 Å². The van der Waals surface area contributed by atoms with Gasteiger partial charge in [0, 0.05) is 13.0 Å². The first kappa shape index (κ1) is 12.1. The lowest BCUT2D eigenvalue weighted by Crippen LogP contribution is -2.45. The molecule has 1 amide bonds. The van der Waals surface area contributed by atoms with Gasteiger partial charge in [-0.05, 0) is 35.7 Å². The number of thiophene rings is 1. The van der Waals surface area contributed by atoms with Crippen molar-refractivity contribution < 1.29 is 14.7 Å². The van der Waals surface area contributed by atoms with Crippen molar-refractivity contribution in [1.29, 1.82) is 0 Å². The molecule has 1 aliphatic heterocycles. The van der Waals surface area contributed by atoms with Gasteiger partial charge in [-0.3, -0.25) is 9.59 Å². The number of likely N-dealkylation sites (tertiary alicyclic amines) is 1. The van der Waals surface area contributed by atoms with E-state index in [1.54, 1.807) is 4.90 Å². The third kappa shape index (κ3) is 2.20. The van der Waals surface area contributed by atoms with Gasteiger partial charge in [0.25, 0.3) is 0 Å². The molecule has 2 rings (SSSR count). The van der Waals surface area contributed by atoms with Crippen molar-refractivity contribution in [1.82, 2.24) is 4.90 Å². The van der Waals surface area contributed by atoms with Crippen LogP contribution in [0.4, 0.5) is 0 Å². The topological polar surface area (TPSA) is 57.6 Å². The molecule has 0 spiro atoms. The van der Waals surface area contributed by atoms with E-state index >= 15 is 0 Å². The Hall–Kier alpha value is -1.36. The smallest absolute Gasteiger partial charge is 0.308 e. The second-order valence-corrected chi connectivity index (χ2v) is 4.94. The number of carbonyl (C=O) groups is 2. The van der Waals surface area contributed by atoms with Crippen molar-refractivity contribution in [3.05, 3.63) is 22.4 Å². The first-order valence-electron chi connectivity index (χ1n) is 5.69. The van der Waals surface area contributed by atoms with Crippen molar-refractivity contribution in [2.24, 2.45) is 5.92 Å². The summed E-state index contributed by atoms with van der Waals surface area (Å²) in [4.78, 5) is 24.8. The van der Waals surface area contributed by atoms with Gasteiger partial charge in [-0.2, -0.15) is 11.3 Å². The number of nitrogens with zero attached hydrogens (tertiary/aromatic N) is 1. The van der Waals surface area contributed by atoms with E-state index in [2.05, 4.69) is 0 Å². The van der Waals surface area contributed by atoms with Crippen LogP contribution in [-0.2, 0) is 9.59 Å². The van der Waals surface area contributed by atoms with Crippen molar-refractivity contribution in [3.63, 3.8) is 0 Å². The number of piperidine rings is 1. The van der Waals surface area contributed by atoms with E-state index < -0.39 is 11.9 Å². The zero-order valence-electron chi connectivity index (χ0n) is 9.63. The van der Waals surface area contributed by atoms with Crippen LogP contribution >= 0.6 is 11.3 Å². The number of amides is 1. The van der Waals surface area contributed by atoms with Gasteiger partial charge in [-0.15, -0.1) is 0 Å². The highest BCUT2D eigenvalue weighted by Crippen LogP contribution is 2.37. The van der Waals surface area contributed by atoms with Gasteiger partial charge < -0.3 is 10.0 Å². The predicted molar refractivity (Wildman–Crippen MR) is 64.8 cm³/mol. The minimum Gasteiger partial charge on any atom is -0.481 e. The summed E-state index contributed by atoms with van der Waals surface area (Å²) in [6.07, 6.45) is 0.774. The van der Waals surface area contributed by atoms with Gasteiger partial charge in [0.15, 0.2) is 0 Å². The highest BCUT2D eigenvalue weighted by atomic mass is 32.1. The van der Waals surface area contributed by atoms with Crippen LogP contribution in [0.3, 0.4) is 0 Å². The van der Waals surface area contributed by atoms with Gasteiger partial charge in [-0.25, -0.2) is 0 Å². The van der Waals surface area contributed by atoms with Crippen LogP contribution in [0, 0.1) is 5.92 Å². The first-order valence-corrected chi connectivity index (χ1v) is 6.63. The van der Waals surface area contributed by atoms with Crippen LogP contribution in [0.15, 0.2) is 16.8 Å². The lowest BCUT2D eigenvalue weighted by atomic mass is 9.85. The molecule has 1 saturated heterocycles. The minimum absolute atomic E-state index is 0.0567. The van der Waals surface area contributed by atoms with Crippen molar-refractivity contribution >= 4 is 23.2 Å². The average molecular weight is 253 g/mol.